The molecular weight excluding hydrogens is 218 g/mol. The molecule has 0 saturated carbocycles. The number of ether oxygens (including phenoxy) is 2. The van der Waals surface area contributed by atoms with Crippen molar-refractivity contribution in [3.63, 3.8) is 0 Å². The van der Waals surface area contributed by atoms with Gasteiger partial charge in [0.15, 0.2) is 0 Å². The van der Waals surface area contributed by atoms with E-state index in [1.54, 1.807) is 18.3 Å². The summed E-state index contributed by atoms with van der Waals surface area (Å²) in [5.74, 6) is 0.317. The van der Waals surface area contributed by atoms with Gasteiger partial charge in [-0.15, -0.1) is 11.6 Å². The van der Waals surface area contributed by atoms with Crippen molar-refractivity contribution in [3.05, 3.63) is 24.4 Å². The minimum Gasteiger partial charge on any atom is -0.474 e. The third kappa shape index (κ3) is 4.65. The molecule has 0 radical (unpaired) electrons. The third-order valence-electron chi connectivity index (χ3n) is 1.56. The summed E-state index contributed by atoms with van der Waals surface area (Å²) in [6.07, 6.45) is 1.18. The molecule has 0 amide bonds. The second-order valence-corrected chi connectivity index (χ2v) is 3.17. The summed E-state index contributed by atoms with van der Waals surface area (Å²) in [5.41, 5.74) is 0. The van der Waals surface area contributed by atoms with Crippen LogP contribution in [0.15, 0.2) is 24.4 Å². The largest absolute Gasteiger partial charge is 0.474 e. The molecule has 82 valence electrons. The van der Waals surface area contributed by atoms with E-state index in [0.29, 0.717) is 5.88 Å². The van der Waals surface area contributed by atoms with E-state index >= 15 is 0 Å². The molecule has 0 saturated heterocycles. The number of carbonyl (C=O) groups is 1. The van der Waals surface area contributed by atoms with Crippen molar-refractivity contribution in [1.82, 2.24) is 4.98 Å². The maximum atomic E-state index is 10.7. The lowest BCUT2D eigenvalue weighted by Gasteiger charge is -2.14. The molecule has 15 heavy (non-hydrogen) atoms. The fraction of sp³-hybridized carbons (Fsp3) is 0.400. The number of hydrogen-bond acceptors (Lipinski definition) is 4. The molecule has 0 aromatic carbocycles. The smallest absolute Gasteiger partial charge is 0.303 e. The number of carbonyl (C=O) groups excluding carboxylic acids is 1. The van der Waals surface area contributed by atoms with Crippen LogP contribution in [0.3, 0.4) is 0 Å². The highest BCUT2D eigenvalue weighted by Crippen LogP contribution is 2.05. The van der Waals surface area contributed by atoms with Crippen molar-refractivity contribution < 1.29 is 14.3 Å². The third-order valence-corrected chi connectivity index (χ3v) is 1.90. The van der Waals surface area contributed by atoms with Crippen molar-refractivity contribution >= 4 is 17.6 Å². The van der Waals surface area contributed by atoms with Crippen LogP contribution in [0.25, 0.3) is 0 Å². The van der Waals surface area contributed by atoms with Gasteiger partial charge < -0.3 is 9.47 Å². The van der Waals surface area contributed by atoms with Crippen LogP contribution in [0.5, 0.6) is 5.88 Å². The average Bonchev–Trinajstić information content (AvgIpc) is 2.25. The van der Waals surface area contributed by atoms with Gasteiger partial charge in [-0.1, -0.05) is 6.07 Å². The summed E-state index contributed by atoms with van der Waals surface area (Å²) in [6.45, 7) is 1.54. The lowest BCUT2D eigenvalue weighted by molar-refractivity contribution is -0.146. The van der Waals surface area contributed by atoms with Crippen LogP contribution < -0.4 is 4.74 Å². The van der Waals surface area contributed by atoms with E-state index in [0.717, 1.165) is 0 Å². The Morgan fingerprint density at radius 2 is 2.40 bits per heavy atom. The molecule has 0 fully saturated rings. The standard InChI is InChI=1S/C10H12ClNO3/c1-8(13)15-9(6-11)7-14-10-4-2-3-5-12-10/h2-5,9H,6-7H2,1H3. The number of aromatic nitrogens is 1. The van der Waals surface area contributed by atoms with Gasteiger partial charge in [-0.3, -0.25) is 4.79 Å². The van der Waals surface area contributed by atoms with E-state index in [2.05, 4.69) is 4.98 Å². The lowest BCUT2D eigenvalue weighted by atomic mass is 10.4. The predicted octanol–water partition coefficient (Wildman–Crippen LogP) is 1.63. The first-order valence-electron chi connectivity index (χ1n) is 4.49. The Morgan fingerprint density at radius 3 is 2.93 bits per heavy atom. The molecule has 0 N–H and O–H groups in total. The number of esters is 1. The fourth-order valence-electron chi connectivity index (χ4n) is 0.956. The Hall–Kier alpha value is -1.29. The molecule has 0 bridgehead atoms. The summed E-state index contributed by atoms with van der Waals surface area (Å²) in [4.78, 5) is 14.6. The number of hydrogen-bond donors (Lipinski definition) is 0. The first-order valence-corrected chi connectivity index (χ1v) is 5.03. The molecule has 1 heterocycles. The zero-order valence-electron chi connectivity index (χ0n) is 8.35. The SMILES string of the molecule is CC(=O)OC(CCl)COc1ccccn1. The molecular formula is C10H12ClNO3. The van der Waals surface area contributed by atoms with E-state index in [4.69, 9.17) is 21.1 Å². The Bertz CT molecular complexity index is 305. The maximum Gasteiger partial charge on any atom is 0.303 e. The van der Waals surface area contributed by atoms with Crippen molar-refractivity contribution in [2.75, 3.05) is 12.5 Å². The number of nitrogens with zero attached hydrogens (tertiary/aromatic N) is 1. The van der Waals surface area contributed by atoms with Gasteiger partial charge in [-0.05, 0) is 6.07 Å². The van der Waals surface area contributed by atoms with Crippen LogP contribution in [-0.2, 0) is 9.53 Å². The normalized spacial score (nSPS) is 11.9. The minimum absolute atomic E-state index is 0.201. The number of halogens is 1. The average molecular weight is 230 g/mol. The Kier molecular flexibility index (Phi) is 4.90. The molecule has 0 aliphatic carbocycles. The lowest BCUT2D eigenvalue weighted by Crippen LogP contribution is -2.25. The van der Waals surface area contributed by atoms with Gasteiger partial charge in [0.1, 0.15) is 12.7 Å². The van der Waals surface area contributed by atoms with Crippen LogP contribution in [0.2, 0.25) is 0 Å². The number of alkyl halides is 1. The Morgan fingerprint density at radius 1 is 1.60 bits per heavy atom. The van der Waals surface area contributed by atoms with E-state index in [1.165, 1.54) is 6.92 Å². The molecule has 0 spiro atoms. The second-order valence-electron chi connectivity index (χ2n) is 2.86. The van der Waals surface area contributed by atoms with E-state index in [-0.39, 0.29) is 18.5 Å². The van der Waals surface area contributed by atoms with E-state index < -0.39 is 6.10 Å². The van der Waals surface area contributed by atoms with Gasteiger partial charge in [0, 0.05) is 19.2 Å². The molecule has 1 aromatic heterocycles. The van der Waals surface area contributed by atoms with E-state index in [1.807, 2.05) is 6.07 Å². The van der Waals surface area contributed by atoms with Crippen molar-refractivity contribution in [1.29, 1.82) is 0 Å². The first kappa shape index (κ1) is 11.8. The number of rotatable bonds is 5. The molecule has 1 aromatic rings. The van der Waals surface area contributed by atoms with Crippen LogP contribution in [-0.4, -0.2) is 29.5 Å². The summed E-state index contributed by atoms with van der Waals surface area (Å²) >= 11 is 5.60. The van der Waals surface area contributed by atoms with Crippen molar-refractivity contribution in [2.45, 2.75) is 13.0 Å². The minimum atomic E-state index is -0.439. The summed E-state index contributed by atoms with van der Waals surface area (Å²) in [6, 6.07) is 5.32. The van der Waals surface area contributed by atoms with Gasteiger partial charge in [0.2, 0.25) is 5.88 Å². The van der Waals surface area contributed by atoms with Gasteiger partial charge >= 0.3 is 5.97 Å². The fourth-order valence-corrected chi connectivity index (χ4v) is 1.11. The highest BCUT2D eigenvalue weighted by Gasteiger charge is 2.11. The molecule has 4 nitrogen and oxygen atoms in total. The summed E-state index contributed by atoms with van der Waals surface area (Å²) < 4.78 is 10.2. The molecule has 1 unspecified atom stereocenters. The van der Waals surface area contributed by atoms with Gasteiger partial charge in [-0.25, -0.2) is 4.98 Å². The second kappa shape index (κ2) is 6.24. The first-order chi connectivity index (χ1) is 7.22. The zero-order chi connectivity index (χ0) is 11.1. The molecule has 1 atom stereocenters. The predicted molar refractivity (Wildman–Crippen MR) is 56.0 cm³/mol. The summed E-state index contributed by atoms with van der Waals surface area (Å²) in [7, 11) is 0. The molecule has 1 rings (SSSR count). The highest BCUT2D eigenvalue weighted by atomic mass is 35.5. The quantitative estimate of drug-likeness (QED) is 0.569. The van der Waals surface area contributed by atoms with Crippen LogP contribution in [0, 0.1) is 0 Å². The zero-order valence-corrected chi connectivity index (χ0v) is 9.11. The maximum absolute atomic E-state index is 10.7. The van der Waals surface area contributed by atoms with Crippen LogP contribution >= 0.6 is 11.6 Å². The van der Waals surface area contributed by atoms with Crippen molar-refractivity contribution in [3.8, 4) is 5.88 Å². The van der Waals surface area contributed by atoms with Crippen LogP contribution in [0.4, 0.5) is 0 Å². The number of pyridine rings is 1. The molecule has 0 aliphatic heterocycles. The highest BCUT2D eigenvalue weighted by molar-refractivity contribution is 6.18. The van der Waals surface area contributed by atoms with Crippen molar-refractivity contribution in [2.24, 2.45) is 0 Å². The molecule has 0 aliphatic rings. The monoisotopic (exact) mass is 229 g/mol. The molecule has 5 heteroatoms. The summed E-state index contributed by atoms with van der Waals surface area (Å²) in [5, 5.41) is 0. The Labute approximate surface area is 93.2 Å². The van der Waals surface area contributed by atoms with E-state index in [9.17, 15) is 4.79 Å². The topological polar surface area (TPSA) is 48.4 Å². The van der Waals surface area contributed by atoms with Crippen LogP contribution in [0.1, 0.15) is 6.92 Å². The van der Waals surface area contributed by atoms with Gasteiger partial charge in [0.05, 0.1) is 5.88 Å². The van der Waals surface area contributed by atoms with Gasteiger partial charge in [-0.2, -0.15) is 0 Å². The Balaban J connectivity index is 2.37. The van der Waals surface area contributed by atoms with Gasteiger partial charge in [0.25, 0.3) is 0 Å².